The van der Waals surface area contributed by atoms with Crippen LogP contribution in [0.25, 0.3) is 0 Å². The molecule has 1 heterocycles. The van der Waals surface area contributed by atoms with Crippen LogP contribution in [0.1, 0.15) is 59.8 Å². The van der Waals surface area contributed by atoms with Gasteiger partial charge in [0.05, 0.1) is 13.2 Å². The lowest BCUT2D eigenvalue weighted by Gasteiger charge is -2.36. The van der Waals surface area contributed by atoms with Crippen molar-refractivity contribution in [2.75, 3.05) is 32.8 Å². The minimum absolute atomic E-state index is 0.676. The zero-order valence-electron chi connectivity index (χ0n) is 14.2. The number of nitrogens with zero attached hydrogens (tertiary/aromatic N) is 1. The number of nitrogens with one attached hydrogen (secondary N) is 1. The van der Waals surface area contributed by atoms with Gasteiger partial charge in [-0.05, 0) is 25.2 Å². The third-order valence-electron chi connectivity index (χ3n) is 4.22. The highest BCUT2D eigenvalue weighted by atomic mass is 16.5. The van der Waals surface area contributed by atoms with Crippen LogP contribution in [0.15, 0.2) is 0 Å². The molecule has 0 spiro atoms. The molecule has 0 aliphatic carbocycles. The van der Waals surface area contributed by atoms with Gasteiger partial charge in [0.2, 0.25) is 0 Å². The first-order valence-electron chi connectivity index (χ1n) is 8.72. The molecule has 20 heavy (non-hydrogen) atoms. The average Bonchev–Trinajstić information content (AvgIpc) is 2.44. The van der Waals surface area contributed by atoms with Crippen LogP contribution in [0.5, 0.6) is 0 Å². The predicted molar refractivity (Wildman–Crippen MR) is 87.2 cm³/mol. The molecule has 3 heteroatoms. The van der Waals surface area contributed by atoms with Crippen molar-refractivity contribution in [2.24, 2.45) is 5.92 Å². The molecule has 0 saturated carbocycles. The van der Waals surface area contributed by atoms with E-state index in [2.05, 4.69) is 37.9 Å². The standard InChI is InChI=1S/C17H36N2O/c1-5-7-16(8-6-2)18-14-17(13-15(3)4)19-9-11-20-12-10-19/h15-18H,5-14H2,1-4H3. The third-order valence-corrected chi connectivity index (χ3v) is 4.22. The fourth-order valence-corrected chi connectivity index (χ4v) is 3.20. The number of ether oxygens (including phenoxy) is 1. The van der Waals surface area contributed by atoms with Crippen molar-refractivity contribution in [2.45, 2.75) is 71.9 Å². The van der Waals surface area contributed by atoms with Crippen molar-refractivity contribution in [3.05, 3.63) is 0 Å². The molecule has 0 aromatic carbocycles. The van der Waals surface area contributed by atoms with Crippen molar-refractivity contribution in [1.29, 1.82) is 0 Å². The number of rotatable bonds is 10. The second-order valence-electron chi connectivity index (χ2n) is 6.61. The zero-order chi connectivity index (χ0) is 14.8. The fourth-order valence-electron chi connectivity index (χ4n) is 3.20. The first-order chi connectivity index (χ1) is 9.67. The summed E-state index contributed by atoms with van der Waals surface area (Å²) in [5.74, 6) is 0.764. The molecule has 1 N–H and O–H groups in total. The topological polar surface area (TPSA) is 24.5 Å². The summed E-state index contributed by atoms with van der Waals surface area (Å²) in [6.07, 6.45) is 6.48. The van der Waals surface area contributed by atoms with Crippen LogP contribution in [0.2, 0.25) is 0 Å². The van der Waals surface area contributed by atoms with E-state index >= 15 is 0 Å². The highest BCUT2D eigenvalue weighted by Crippen LogP contribution is 2.14. The quantitative estimate of drug-likeness (QED) is 0.666. The van der Waals surface area contributed by atoms with Crippen molar-refractivity contribution < 1.29 is 4.74 Å². The van der Waals surface area contributed by atoms with Crippen LogP contribution in [0.3, 0.4) is 0 Å². The molecular weight excluding hydrogens is 248 g/mol. The Hall–Kier alpha value is -0.120. The van der Waals surface area contributed by atoms with Crippen LogP contribution >= 0.6 is 0 Å². The summed E-state index contributed by atoms with van der Waals surface area (Å²) in [6, 6.07) is 1.39. The van der Waals surface area contributed by atoms with E-state index in [9.17, 15) is 0 Å². The Kier molecular flexibility index (Phi) is 9.49. The van der Waals surface area contributed by atoms with Gasteiger partial charge in [-0.1, -0.05) is 40.5 Å². The van der Waals surface area contributed by atoms with Gasteiger partial charge < -0.3 is 10.1 Å². The maximum atomic E-state index is 5.50. The molecule has 1 unspecified atom stereocenters. The Morgan fingerprint density at radius 1 is 1.05 bits per heavy atom. The summed E-state index contributed by atoms with van der Waals surface area (Å²) in [6.45, 7) is 14.4. The summed E-state index contributed by atoms with van der Waals surface area (Å²) >= 11 is 0. The number of hydrogen-bond acceptors (Lipinski definition) is 3. The van der Waals surface area contributed by atoms with Gasteiger partial charge in [0.15, 0.2) is 0 Å². The summed E-state index contributed by atoms with van der Waals surface area (Å²) in [5.41, 5.74) is 0. The van der Waals surface area contributed by atoms with E-state index < -0.39 is 0 Å². The van der Waals surface area contributed by atoms with Gasteiger partial charge in [-0.3, -0.25) is 4.90 Å². The molecule has 0 bridgehead atoms. The van der Waals surface area contributed by atoms with E-state index in [0.717, 1.165) is 38.8 Å². The van der Waals surface area contributed by atoms with Crippen LogP contribution in [0.4, 0.5) is 0 Å². The highest BCUT2D eigenvalue weighted by Gasteiger charge is 2.22. The van der Waals surface area contributed by atoms with Gasteiger partial charge in [0.25, 0.3) is 0 Å². The molecule has 1 fully saturated rings. The molecule has 3 nitrogen and oxygen atoms in total. The van der Waals surface area contributed by atoms with Gasteiger partial charge in [0, 0.05) is 31.7 Å². The number of hydrogen-bond donors (Lipinski definition) is 1. The predicted octanol–water partition coefficient (Wildman–Crippen LogP) is 3.29. The molecule has 120 valence electrons. The molecule has 1 aliphatic heterocycles. The molecule has 1 atom stereocenters. The second kappa shape index (κ2) is 10.6. The lowest BCUT2D eigenvalue weighted by molar-refractivity contribution is 0.0117. The monoisotopic (exact) mass is 284 g/mol. The van der Waals surface area contributed by atoms with Crippen molar-refractivity contribution >= 4 is 0 Å². The Morgan fingerprint density at radius 2 is 1.65 bits per heavy atom. The second-order valence-corrected chi connectivity index (χ2v) is 6.61. The third kappa shape index (κ3) is 7.05. The Morgan fingerprint density at radius 3 is 2.15 bits per heavy atom. The van der Waals surface area contributed by atoms with Crippen molar-refractivity contribution in [1.82, 2.24) is 10.2 Å². The van der Waals surface area contributed by atoms with Crippen LogP contribution in [-0.2, 0) is 4.74 Å². The minimum Gasteiger partial charge on any atom is -0.379 e. The van der Waals surface area contributed by atoms with Crippen LogP contribution in [0, 0.1) is 5.92 Å². The lowest BCUT2D eigenvalue weighted by Crippen LogP contribution is -2.50. The van der Waals surface area contributed by atoms with Gasteiger partial charge in [-0.25, -0.2) is 0 Å². The largest absolute Gasteiger partial charge is 0.379 e. The summed E-state index contributed by atoms with van der Waals surface area (Å²) in [7, 11) is 0. The fraction of sp³-hybridized carbons (Fsp3) is 1.00. The number of morpholine rings is 1. The molecule has 1 aliphatic rings. The SMILES string of the molecule is CCCC(CCC)NCC(CC(C)C)N1CCOCC1. The molecule has 1 rings (SSSR count). The van der Waals surface area contributed by atoms with Gasteiger partial charge in [-0.2, -0.15) is 0 Å². The normalized spacial score (nSPS) is 18.9. The zero-order valence-corrected chi connectivity index (χ0v) is 14.2. The molecule has 0 amide bonds. The van der Waals surface area contributed by atoms with Crippen molar-refractivity contribution in [3.8, 4) is 0 Å². The van der Waals surface area contributed by atoms with E-state index in [1.165, 1.54) is 32.1 Å². The van der Waals surface area contributed by atoms with Crippen LogP contribution in [-0.4, -0.2) is 49.8 Å². The molecular formula is C17H36N2O. The molecule has 1 saturated heterocycles. The smallest absolute Gasteiger partial charge is 0.0594 e. The van der Waals surface area contributed by atoms with E-state index in [4.69, 9.17) is 4.74 Å². The van der Waals surface area contributed by atoms with E-state index in [-0.39, 0.29) is 0 Å². The van der Waals surface area contributed by atoms with Gasteiger partial charge in [-0.15, -0.1) is 0 Å². The first-order valence-corrected chi connectivity index (χ1v) is 8.72. The maximum absolute atomic E-state index is 5.50. The molecule has 0 aromatic heterocycles. The summed E-state index contributed by atoms with van der Waals surface area (Å²) in [4.78, 5) is 2.63. The van der Waals surface area contributed by atoms with Gasteiger partial charge in [0.1, 0.15) is 0 Å². The maximum Gasteiger partial charge on any atom is 0.0594 e. The van der Waals surface area contributed by atoms with E-state index in [1.54, 1.807) is 0 Å². The lowest BCUT2D eigenvalue weighted by atomic mass is 10.0. The first kappa shape index (κ1) is 17.9. The van der Waals surface area contributed by atoms with Gasteiger partial charge >= 0.3 is 0 Å². The van der Waals surface area contributed by atoms with Crippen molar-refractivity contribution in [3.63, 3.8) is 0 Å². The van der Waals surface area contributed by atoms with E-state index in [1.807, 2.05) is 0 Å². The highest BCUT2D eigenvalue weighted by molar-refractivity contribution is 4.79. The molecule has 0 aromatic rings. The minimum atomic E-state index is 0.676. The Labute approximate surface area is 126 Å². The molecule has 0 radical (unpaired) electrons. The van der Waals surface area contributed by atoms with Crippen LogP contribution < -0.4 is 5.32 Å². The van der Waals surface area contributed by atoms with E-state index in [0.29, 0.717) is 12.1 Å². The average molecular weight is 284 g/mol. The Balaban J connectivity index is 2.45. The summed E-state index contributed by atoms with van der Waals surface area (Å²) in [5, 5.41) is 3.84. The summed E-state index contributed by atoms with van der Waals surface area (Å²) < 4.78 is 5.50. The Bertz CT molecular complexity index is 221.